The molecule has 0 unspecified atom stereocenters. The molecule has 0 saturated carbocycles. The first-order valence-electron chi connectivity index (χ1n) is 9.71. The summed E-state index contributed by atoms with van der Waals surface area (Å²) in [7, 11) is -8.18. The summed E-state index contributed by atoms with van der Waals surface area (Å²) in [6.07, 6.45) is 0.769. The van der Waals surface area contributed by atoms with Gasteiger partial charge in [0.25, 0.3) is 10.1 Å². The van der Waals surface area contributed by atoms with Crippen molar-refractivity contribution in [2.24, 2.45) is 0 Å². The van der Waals surface area contributed by atoms with Crippen LogP contribution in [0.25, 0.3) is 0 Å². The molecule has 0 radical (unpaired) electrons. The van der Waals surface area contributed by atoms with E-state index in [0.717, 1.165) is 6.26 Å². The first-order valence-corrected chi connectivity index (χ1v) is 13.4. The lowest BCUT2D eigenvalue weighted by molar-refractivity contribution is -0.145. The Morgan fingerprint density at radius 2 is 1.62 bits per heavy atom. The summed E-state index contributed by atoms with van der Waals surface area (Å²) in [4.78, 5) is 23.9. The van der Waals surface area contributed by atoms with Crippen molar-refractivity contribution >= 4 is 49.3 Å². The summed E-state index contributed by atoms with van der Waals surface area (Å²) in [5.74, 6) is -1.09. The van der Waals surface area contributed by atoms with E-state index < -0.39 is 44.7 Å². The van der Waals surface area contributed by atoms with Gasteiger partial charge in [-0.3, -0.25) is 8.98 Å². The second kappa shape index (κ2) is 12.1. The Hall–Kier alpha value is -2.71. The fourth-order valence-corrected chi connectivity index (χ4v) is 4.12. The van der Waals surface area contributed by atoms with Gasteiger partial charge in [-0.05, 0) is 55.5 Å². The zero-order chi connectivity index (χ0) is 25.4. The van der Waals surface area contributed by atoms with Crippen molar-refractivity contribution in [3.63, 3.8) is 0 Å². The molecule has 0 aliphatic heterocycles. The van der Waals surface area contributed by atoms with Crippen molar-refractivity contribution < 1.29 is 40.1 Å². The molecule has 0 aliphatic rings. The van der Waals surface area contributed by atoms with Crippen LogP contribution in [-0.4, -0.2) is 60.8 Å². The standard InChI is InChI=1S/C20H23ClN2O9S2/c1-3-30-19(24)13-31-16-8-6-15(7-9-16)22-20(25)18(12-32-33(2,26)27)23-34(28,29)17-10-4-14(21)5-11-17/h4-11,18,23H,3,12-13H2,1-2H3,(H,22,25)/t18-/m0/s1. The van der Waals surface area contributed by atoms with Crippen LogP contribution < -0.4 is 14.8 Å². The van der Waals surface area contributed by atoms with E-state index in [-0.39, 0.29) is 23.8 Å². The van der Waals surface area contributed by atoms with Gasteiger partial charge in [0.05, 0.1) is 24.4 Å². The number of sulfonamides is 1. The number of anilines is 1. The first kappa shape index (κ1) is 27.5. The van der Waals surface area contributed by atoms with Crippen molar-refractivity contribution in [3.8, 4) is 5.75 Å². The van der Waals surface area contributed by atoms with Gasteiger partial charge in [0.15, 0.2) is 6.61 Å². The maximum absolute atomic E-state index is 12.7. The number of carbonyl (C=O) groups excluding carboxylic acids is 2. The largest absolute Gasteiger partial charge is 0.482 e. The van der Waals surface area contributed by atoms with Gasteiger partial charge in [-0.2, -0.15) is 13.1 Å². The quantitative estimate of drug-likeness (QED) is 0.305. The summed E-state index contributed by atoms with van der Waals surface area (Å²) in [6.45, 7) is 0.813. The molecule has 0 saturated heterocycles. The van der Waals surface area contributed by atoms with Crippen LogP contribution in [0.15, 0.2) is 53.4 Å². The Labute approximate surface area is 202 Å². The number of carbonyl (C=O) groups is 2. The molecule has 0 fully saturated rings. The van der Waals surface area contributed by atoms with Crippen molar-refractivity contribution in [3.05, 3.63) is 53.6 Å². The molecule has 2 N–H and O–H groups in total. The molecule has 0 aromatic heterocycles. The predicted octanol–water partition coefficient (Wildman–Crippen LogP) is 1.54. The summed E-state index contributed by atoms with van der Waals surface area (Å²) >= 11 is 5.77. The Bertz CT molecular complexity index is 1200. The van der Waals surface area contributed by atoms with Crippen molar-refractivity contribution in [1.29, 1.82) is 0 Å². The second-order valence-corrected chi connectivity index (χ2v) is 10.5. The number of ether oxygens (including phenoxy) is 2. The molecule has 2 aromatic carbocycles. The number of benzene rings is 2. The normalized spacial score (nSPS) is 12.6. The number of hydrogen-bond acceptors (Lipinski definition) is 9. The minimum Gasteiger partial charge on any atom is -0.482 e. The lowest BCUT2D eigenvalue weighted by Crippen LogP contribution is -2.47. The van der Waals surface area contributed by atoms with Crippen molar-refractivity contribution in [2.75, 3.05) is 31.4 Å². The van der Waals surface area contributed by atoms with E-state index in [1.807, 2.05) is 0 Å². The van der Waals surface area contributed by atoms with E-state index in [9.17, 15) is 26.4 Å². The minimum absolute atomic E-state index is 0.183. The van der Waals surface area contributed by atoms with Gasteiger partial charge in [0.1, 0.15) is 11.8 Å². The van der Waals surface area contributed by atoms with E-state index in [1.54, 1.807) is 6.92 Å². The average molecular weight is 535 g/mol. The molecule has 14 heteroatoms. The fraction of sp³-hybridized carbons (Fsp3) is 0.300. The summed E-state index contributed by atoms with van der Waals surface area (Å²) < 4.78 is 64.9. The fourth-order valence-electron chi connectivity index (χ4n) is 2.43. The maximum atomic E-state index is 12.7. The monoisotopic (exact) mass is 534 g/mol. The van der Waals surface area contributed by atoms with Gasteiger partial charge in [0, 0.05) is 10.7 Å². The summed E-state index contributed by atoms with van der Waals surface area (Å²) in [6, 6.07) is 9.39. The molecule has 0 heterocycles. The lowest BCUT2D eigenvalue weighted by atomic mass is 10.2. The van der Waals surface area contributed by atoms with E-state index in [1.165, 1.54) is 48.5 Å². The molecule has 2 aromatic rings. The number of halogens is 1. The van der Waals surface area contributed by atoms with Gasteiger partial charge < -0.3 is 14.8 Å². The van der Waals surface area contributed by atoms with Gasteiger partial charge in [-0.1, -0.05) is 11.6 Å². The number of hydrogen-bond donors (Lipinski definition) is 2. The van der Waals surface area contributed by atoms with Crippen LogP contribution in [0.5, 0.6) is 5.75 Å². The topological polar surface area (TPSA) is 154 Å². The molecule has 0 bridgehead atoms. The predicted molar refractivity (Wildman–Crippen MR) is 124 cm³/mol. The number of esters is 1. The molecule has 11 nitrogen and oxygen atoms in total. The van der Waals surface area contributed by atoms with Crippen LogP contribution >= 0.6 is 11.6 Å². The molecular weight excluding hydrogens is 512 g/mol. The minimum atomic E-state index is -4.22. The van der Waals surface area contributed by atoms with E-state index in [0.29, 0.717) is 10.8 Å². The highest BCUT2D eigenvalue weighted by molar-refractivity contribution is 7.89. The molecule has 2 rings (SSSR count). The Balaban J connectivity index is 2.12. The number of rotatable bonds is 12. The van der Waals surface area contributed by atoms with E-state index in [2.05, 4.69) is 14.2 Å². The Kier molecular flexibility index (Phi) is 9.82. The number of nitrogens with one attached hydrogen (secondary N) is 2. The third-order valence-corrected chi connectivity index (χ3v) is 6.27. The van der Waals surface area contributed by atoms with E-state index in [4.69, 9.17) is 21.1 Å². The van der Waals surface area contributed by atoms with Gasteiger partial charge in [-0.15, -0.1) is 0 Å². The molecular formula is C20H23ClN2O9S2. The zero-order valence-corrected chi connectivity index (χ0v) is 20.6. The first-order chi connectivity index (χ1) is 15.9. The van der Waals surface area contributed by atoms with Crippen LogP contribution in [0.1, 0.15) is 6.92 Å². The maximum Gasteiger partial charge on any atom is 0.344 e. The van der Waals surface area contributed by atoms with Gasteiger partial charge in [0.2, 0.25) is 15.9 Å². The third-order valence-electron chi connectivity index (χ3n) is 3.97. The van der Waals surface area contributed by atoms with Gasteiger partial charge in [-0.25, -0.2) is 13.2 Å². The van der Waals surface area contributed by atoms with Crippen LogP contribution in [0.4, 0.5) is 5.69 Å². The average Bonchev–Trinajstić information content (AvgIpc) is 2.76. The molecule has 1 atom stereocenters. The Morgan fingerprint density at radius 3 is 2.18 bits per heavy atom. The highest BCUT2D eigenvalue weighted by Gasteiger charge is 2.27. The van der Waals surface area contributed by atoms with Crippen LogP contribution in [0.2, 0.25) is 5.02 Å². The van der Waals surface area contributed by atoms with Crippen LogP contribution in [-0.2, 0) is 38.7 Å². The number of amides is 1. The molecule has 0 spiro atoms. The summed E-state index contributed by atoms with van der Waals surface area (Å²) in [5.41, 5.74) is 0.253. The second-order valence-electron chi connectivity index (χ2n) is 6.72. The molecule has 34 heavy (non-hydrogen) atoms. The summed E-state index contributed by atoms with van der Waals surface area (Å²) in [5, 5.41) is 2.77. The van der Waals surface area contributed by atoms with E-state index >= 15 is 0 Å². The van der Waals surface area contributed by atoms with Crippen LogP contribution in [0.3, 0.4) is 0 Å². The van der Waals surface area contributed by atoms with Crippen molar-refractivity contribution in [1.82, 2.24) is 4.72 Å². The zero-order valence-electron chi connectivity index (χ0n) is 18.2. The molecule has 0 aliphatic carbocycles. The molecule has 1 amide bonds. The highest BCUT2D eigenvalue weighted by atomic mass is 35.5. The smallest absolute Gasteiger partial charge is 0.344 e. The third kappa shape index (κ3) is 9.27. The van der Waals surface area contributed by atoms with Crippen LogP contribution in [0, 0.1) is 0 Å². The lowest BCUT2D eigenvalue weighted by Gasteiger charge is -2.18. The van der Waals surface area contributed by atoms with Gasteiger partial charge >= 0.3 is 5.97 Å². The SMILES string of the molecule is CCOC(=O)COc1ccc(NC(=O)[C@H](COS(C)(=O)=O)NS(=O)(=O)c2ccc(Cl)cc2)cc1. The van der Waals surface area contributed by atoms with Crippen molar-refractivity contribution in [2.45, 2.75) is 17.9 Å². The molecule has 186 valence electrons. The Morgan fingerprint density at radius 1 is 1.00 bits per heavy atom. The highest BCUT2D eigenvalue weighted by Crippen LogP contribution is 2.17.